The Morgan fingerprint density at radius 2 is 2.15 bits per heavy atom. The molecule has 1 N–H and O–H groups in total. The van der Waals surface area contributed by atoms with Crippen LogP contribution >= 0.6 is 0 Å². The molecule has 2 nitrogen and oxygen atoms in total. The van der Waals surface area contributed by atoms with Gasteiger partial charge in [-0.25, -0.2) is 8.78 Å². The zero-order valence-corrected chi connectivity index (χ0v) is 6.64. The fourth-order valence-corrected chi connectivity index (χ4v) is 1.25. The van der Waals surface area contributed by atoms with Gasteiger partial charge in [-0.1, -0.05) is 6.58 Å². The minimum absolute atomic E-state index is 0.274. The smallest absolute Gasteiger partial charge is 0.137 e. The summed E-state index contributed by atoms with van der Waals surface area (Å²) < 4.78 is 25.9. The van der Waals surface area contributed by atoms with Crippen LogP contribution in [0.2, 0.25) is 0 Å². The van der Waals surface area contributed by atoms with Gasteiger partial charge in [-0.05, 0) is 12.1 Å². The molecule has 0 aliphatic heterocycles. The number of H-pyrrole nitrogens is 1. The molecule has 2 rings (SSSR count). The standard InChI is InChI=1S/C9H6F2N2/c1-2-7-9-6(11)3-5(10)4-8(9)13-12-7/h2-4H,1H2,(H,12,13). The van der Waals surface area contributed by atoms with Gasteiger partial charge in [0.05, 0.1) is 16.6 Å². The maximum atomic E-state index is 13.2. The molecule has 0 aliphatic carbocycles. The van der Waals surface area contributed by atoms with Gasteiger partial charge in [0.25, 0.3) is 0 Å². The molecule has 0 bridgehead atoms. The average molecular weight is 180 g/mol. The number of hydrogen-bond acceptors (Lipinski definition) is 1. The fourth-order valence-electron chi connectivity index (χ4n) is 1.25. The maximum Gasteiger partial charge on any atom is 0.137 e. The highest BCUT2D eigenvalue weighted by atomic mass is 19.1. The topological polar surface area (TPSA) is 28.7 Å². The second kappa shape index (κ2) is 2.65. The third-order valence-electron chi connectivity index (χ3n) is 1.80. The third kappa shape index (κ3) is 1.11. The summed E-state index contributed by atoms with van der Waals surface area (Å²) in [7, 11) is 0. The number of aromatic nitrogens is 2. The van der Waals surface area contributed by atoms with Crippen molar-refractivity contribution < 1.29 is 8.78 Å². The SMILES string of the molecule is C=Cc1n[nH]c2cc(F)cc(F)c12. The lowest BCUT2D eigenvalue weighted by molar-refractivity contribution is 0.592. The van der Waals surface area contributed by atoms with Crippen molar-refractivity contribution in [3.05, 3.63) is 36.0 Å². The Hall–Kier alpha value is -1.71. The minimum Gasteiger partial charge on any atom is -0.277 e. The number of benzene rings is 1. The fraction of sp³-hybridized carbons (Fsp3) is 0. The van der Waals surface area contributed by atoms with Crippen LogP contribution in [0.25, 0.3) is 17.0 Å². The van der Waals surface area contributed by atoms with Crippen LogP contribution in [-0.4, -0.2) is 10.2 Å². The zero-order chi connectivity index (χ0) is 9.42. The zero-order valence-electron chi connectivity index (χ0n) is 6.64. The predicted octanol–water partition coefficient (Wildman–Crippen LogP) is 2.48. The van der Waals surface area contributed by atoms with Gasteiger partial charge in [0, 0.05) is 6.07 Å². The van der Waals surface area contributed by atoms with Crippen LogP contribution in [0.3, 0.4) is 0 Å². The van der Waals surface area contributed by atoms with Crippen LogP contribution in [0.4, 0.5) is 8.78 Å². The summed E-state index contributed by atoms with van der Waals surface area (Å²) in [5.41, 5.74) is 0.736. The van der Waals surface area contributed by atoms with E-state index in [1.807, 2.05) is 0 Å². The number of nitrogens with one attached hydrogen (secondary N) is 1. The molecule has 0 spiro atoms. The van der Waals surface area contributed by atoms with Crippen molar-refractivity contribution in [2.45, 2.75) is 0 Å². The number of fused-ring (bicyclic) bond motifs is 1. The molecule has 2 aromatic rings. The molecule has 13 heavy (non-hydrogen) atoms. The van der Waals surface area contributed by atoms with Crippen molar-refractivity contribution in [2.75, 3.05) is 0 Å². The normalized spacial score (nSPS) is 10.6. The first-order chi connectivity index (χ1) is 6.22. The quantitative estimate of drug-likeness (QED) is 0.717. The molecule has 1 heterocycles. The molecule has 0 aliphatic rings. The van der Waals surface area contributed by atoms with Crippen LogP contribution in [0, 0.1) is 11.6 Å². The van der Waals surface area contributed by atoms with Crippen LogP contribution in [0.5, 0.6) is 0 Å². The van der Waals surface area contributed by atoms with Crippen molar-refractivity contribution in [1.82, 2.24) is 10.2 Å². The van der Waals surface area contributed by atoms with E-state index in [9.17, 15) is 8.78 Å². The van der Waals surface area contributed by atoms with Gasteiger partial charge in [0.2, 0.25) is 0 Å². The molecular formula is C9H6F2N2. The van der Waals surface area contributed by atoms with Crippen molar-refractivity contribution in [1.29, 1.82) is 0 Å². The van der Waals surface area contributed by atoms with Gasteiger partial charge < -0.3 is 0 Å². The van der Waals surface area contributed by atoms with Gasteiger partial charge in [-0.15, -0.1) is 0 Å². The highest BCUT2D eigenvalue weighted by molar-refractivity contribution is 5.86. The maximum absolute atomic E-state index is 13.2. The summed E-state index contributed by atoms with van der Waals surface area (Å²) in [5, 5.41) is 6.56. The summed E-state index contributed by atoms with van der Waals surface area (Å²) in [6.45, 7) is 3.47. The van der Waals surface area contributed by atoms with E-state index in [-0.39, 0.29) is 5.39 Å². The first kappa shape index (κ1) is 7.91. The summed E-state index contributed by atoms with van der Waals surface area (Å²) in [4.78, 5) is 0. The van der Waals surface area contributed by atoms with Gasteiger partial charge in [0.15, 0.2) is 0 Å². The lowest BCUT2D eigenvalue weighted by Crippen LogP contribution is -1.81. The Morgan fingerprint density at radius 1 is 1.38 bits per heavy atom. The first-order valence-electron chi connectivity index (χ1n) is 3.68. The second-order valence-electron chi connectivity index (χ2n) is 2.62. The van der Waals surface area contributed by atoms with E-state index in [1.54, 1.807) is 0 Å². The van der Waals surface area contributed by atoms with Crippen molar-refractivity contribution in [2.24, 2.45) is 0 Å². The Labute approximate surface area is 72.9 Å². The summed E-state index contributed by atoms with van der Waals surface area (Å²) in [5.74, 6) is -1.25. The van der Waals surface area contributed by atoms with E-state index >= 15 is 0 Å². The predicted molar refractivity (Wildman–Crippen MR) is 46.1 cm³/mol. The average Bonchev–Trinajstić information content (AvgIpc) is 2.47. The summed E-state index contributed by atoms with van der Waals surface area (Å²) in [6.07, 6.45) is 1.42. The molecule has 0 unspecified atom stereocenters. The molecule has 0 amide bonds. The lowest BCUT2D eigenvalue weighted by Gasteiger charge is -1.93. The largest absolute Gasteiger partial charge is 0.277 e. The van der Waals surface area contributed by atoms with Gasteiger partial charge in [-0.2, -0.15) is 5.10 Å². The number of hydrogen-bond donors (Lipinski definition) is 1. The number of nitrogens with zero attached hydrogens (tertiary/aromatic N) is 1. The second-order valence-corrected chi connectivity index (χ2v) is 2.62. The van der Waals surface area contributed by atoms with Gasteiger partial charge >= 0.3 is 0 Å². The molecule has 0 fully saturated rings. The Bertz CT molecular complexity index is 474. The number of halogens is 2. The van der Waals surface area contributed by atoms with E-state index in [0.717, 1.165) is 6.07 Å². The van der Waals surface area contributed by atoms with E-state index in [2.05, 4.69) is 16.8 Å². The monoisotopic (exact) mass is 180 g/mol. The molecule has 0 saturated heterocycles. The van der Waals surface area contributed by atoms with E-state index in [0.29, 0.717) is 11.2 Å². The van der Waals surface area contributed by atoms with E-state index in [1.165, 1.54) is 12.1 Å². The Balaban J connectivity index is 2.89. The highest BCUT2D eigenvalue weighted by Gasteiger charge is 2.09. The van der Waals surface area contributed by atoms with Crippen molar-refractivity contribution in [3.63, 3.8) is 0 Å². The third-order valence-corrected chi connectivity index (χ3v) is 1.80. The van der Waals surface area contributed by atoms with Gasteiger partial charge in [-0.3, -0.25) is 5.10 Å². The van der Waals surface area contributed by atoms with Gasteiger partial charge in [0.1, 0.15) is 11.6 Å². The lowest BCUT2D eigenvalue weighted by atomic mass is 10.2. The van der Waals surface area contributed by atoms with E-state index < -0.39 is 11.6 Å². The highest BCUT2D eigenvalue weighted by Crippen LogP contribution is 2.21. The molecule has 0 atom stereocenters. The molecule has 0 radical (unpaired) electrons. The first-order valence-corrected chi connectivity index (χ1v) is 3.68. The summed E-state index contributed by atoms with van der Waals surface area (Å²) in [6, 6.07) is 2.02. The molecule has 4 heteroatoms. The van der Waals surface area contributed by atoms with Crippen LogP contribution in [0.15, 0.2) is 18.7 Å². The molecule has 1 aromatic heterocycles. The Kier molecular flexibility index (Phi) is 1.62. The Morgan fingerprint density at radius 3 is 2.85 bits per heavy atom. The minimum atomic E-state index is -0.626. The molecule has 66 valence electrons. The molecule has 0 saturated carbocycles. The molecular weight excluding hydrogens is 174 g/mol. The van der Waals surface area contributed by atoms with Crippen LogP contribution in [0.1, 0.15) is 5.69 Å². The van der Waals surface area contributed by atoms with Crippen molar-refractivity contribution in [3.8, 4) is 0 Å². The van der Waals surface area contributed by atoms with Crippen LogP contribution in [-0.2, 0) is 0 Å². The molecule has 1 aromatic carbocycles. The summed E-state index contributed by atoms with van der Waals surface area (Å²) >= 11 is 0. The van der Waals surface area contributed by atoms with E-state index in [4.69, 9.17) is 0 Å². The van der Waals surface area contributed by atoms with Crippen LogP contribution < -0.4 is 0 Å². The number of aromatic amines is 1. The number of rotatable bonds is 1. The van der Waals surface area contributed by atoms with Crippen molar-refractivity contribution >= 4 is 17.0 Å².